The van der Waals surface area contributed by atoms with Crippen LogP contribution in [0.5, 0.6) is 0 Å². The van der Waals surface area contributed by atoms with Crippen LogP contribution >= 0.6 is 0 Å². The second-order valence-electron chi connectivity index (χ2n) is 5.18. The van der Waals surface area contributed by atoms with Gasteiger partial charge >= 0.3 is 0 Å². The Morgan fingerprint density at radius 2 is 2.19 bits per heavy atom. The average molecular weight is 220 g/mol. The summed E-state index contributed by atoms with van der Waals surface area (Å²) in [4.78, 5) is 0. The van der Waals surface area contributed by atoms with Crippen molar-refractivity contribution in [2.24, 2.45) is 5.92 Å². The first kappa shape index (κ1) is 10.3. The molecule has 1 saturated carbocycles. The van der Waals surface area contributed by atoms with Crippen molar-refractivity contribution in [3.05, 3.63) is 11.9 Å². The van der Waals surface area contributed by atoms with Crippen LogP contribution < -0.4 is 5.32 Å². The van der Waals surface area contributed by atoms with Crippen molar-refractivity contribution >= 4 is 0 Å². The van der Waals surface area contributed by atoms with Crippen molar-refractivity contribution in [1.29, 1.82) is 0 Å². The minimum Gasteiger partial charge on any atom is -0.316 e. The summed E-state index contributed by atoms with van der Waals surface area (Å²) in [6.07, 6.45) is 8.76. The number of hydrogen-bond acceptors (Lipinski definition) is 3. The fourth-order valence-corrected chi connectivity index (χ4v) is 3.07. The highest BCUT2D eigenvalue weighted by molar-refractivity contribution is 5.06. The van der Waals surface area contributed by atoms with Gasteiger partial charge in [0, 0.05) is 19.0 Å². The summed E-state index contributed by atoms with van der Waals surface area (Å²) < 4.78 is 2.16. The van der Waals surface area contributed by atoms with E-state index in [0.717, 1.165) is 25.6 Å². The first-order valence-corrected chi connectivity index (χ1v) is 6.52. The van der Waals surface area contributed by atoms with Gasteiger partial charge in [0.05, 0.1) is 11.9 Å². The summed E-state index contributed by atoms with van der Waals surface area (Å²) >= 11 is 0. The molecule has 2 aliphatic rings. The van der Waals surface area contributed by atoms with Gasteiger partial charge in [-0.05, 0) is 31.7 Å². The smallest absolute Gasteiger partial charge is 0.0728 e. The van der Waals surface area contributed by atoms with E-state index < -0.39 is 0 Å². The minimum absolute atomic E-state index is 0.636. The third-order valence-corrected chi connectivity index (χ3v) is 4.03. The fraction of sp³-hybridized carbons (Fsp3) is 0.833. The largest absolute Gasteiger partial charge is 0.316 e. The maximum atomic E-state index is 4.26. The second-order valence-corrected chi connectivity index (χ2v) is 5.18. The summed E-state index contributed by atoms with van der Waals surface area (Å²) in [6.45, 7) is 3.32. The molecule has 0 aromatic carbocycles. The van der Waals surface area contributed by atoms with Gasteiger partial charge in [-0.15, -0.1) is 5.10 Å². The lowest BCUT2D eigenvalue weighted by molar-refractivity contribution is 0.405. The maximum Gasteiger partial charge on any atom is 0.0728 e. The van der Waals surface area contributed by atoms with Crippen molar-refractivity contribution in [3.8, 4) is 0 Å². The Labute approximate surface area is 96.4 Å². The predicted octanol–water partition coefficient (Wildman–Crippen LogP) is 1.55. The van der Waals surface area contributed by atoms with Crippen LogP contribution in [0, 0.1) is 5.92 Å². The number of nitrogens with zero attached hydrogens (tertiary/aromatic N) is 3. The van der Waals surface area contributed by atoms with Gasteiger partial charge in [-0.1, -0.05) is 18.1 Å². The van der Waals surface area contributed by atoms with Gasteiger partial charge in [-0.2, -0.15) is 0 Å². The third-order valence-electron chi connectivity index (χ3n) is 4.03. The number of hydrogen-bond donors (Lipinski definition) is 1. The van der Waals surface area contributed by atoms with Crippen molar-refractivity contribution < 1.29 is 0 Å². The lowest BCUT2D eigenvalue weighted by atomic mass is 10.0. The van der Waals surface area contributed by atoms with E-state index in [2.05, 4.69) is 20.3 Å². The number of rotatable bonds is 3. The van der Waals surface area contributed by atoms with E-state index in [1.54, 1.807) is 0 Å². The van der Waals surface area contributed by atoms with Crippen molar-refractivity contribution in [1.82, 2.24) is 20.3 Å². The molecule has 1 atom stereocenters. The molecule has 1 unspecified atom stereocenters. The molecule has 4 heteroatoms. The van der Waals surface area contributed by atoms with Crippen LogP contribution in [0.4, 0.5) is 0 Å². The molecular formula is C12H20N4. The highest BCUT2D eigenvalue weighted by atomic mass is 15.4. The molecule has 2 fully saturated rings. The van der Waals surface area contributed by atoms with Crippen LogP contribution in [-0.2, 0) is 6.54 Å². The molecule has 1 aliphatic heterocycles. The Kier molecular flexibility index (Phi) is 2.91. The first-order valence-electron chi connectivity index (χ1n) is 6.52. The minimum atomic E-state index is 0.636. The van der Waals surface area contributed by atoms with Gasteiger partial charge in [0.1, 0.15) is 0 Å². The molecular weight excluding hydrogens is 200 g/mol. The monoisotopic (exact) mass is 220 g/mol. The third kappa shape index (κ3) is 1.98. The Hall–Kier alpha value is -0.900. The Balaban J connectivity index is 1.71. The summed E-state index contributed by atoms with van der Waals surface area (Å²) in [6, 6.07) is 0. The van der Waals surface area contributed by atoms with E-state index in [-0.39, 0.29) is 0 Å². The van der Waals surface area contributed by atoms with Gasteiger partial charge < -0.3 is 5.32 Å². The summed E-state index contributed by atoms with van der Waals surface area (Å²) in [5.41, 5.74) is 1.34. The molecule has 88 valence electrons. The molecule has 2 heterocycles. The molecule has 1 saturated heterocycles. The first-order chi connectivity index (χ1) is 7.93. The predicted molar refractivity (Wildman–Crippen MR) is 62.2 cm³/mol. The summed E-state index contributed by atoms with van der Waals surface area (Å²) in [7, 11) is 0. The molecule has 1 aromatic rings. The zero-order valence-corrected chi connectivity index (χ0v) is 9.73. The van der Waals surface area contributed by atoms with Gasteiger partial charge in [0.2, 0.25) is 0 Å². The van der Waals surface area contributed by atoms with Crippen LogP contribution in [0.1, 0.15) is 43.7 Å². The van der Waals surface area contributed by atoms with Gasteiger partial charge in [-0.25, -0.2) is 4.68 Å². The topological polar surface area (TPSA) is 42.7 Å². The zero-order chi connectivity index (χ0) is 10.8. The fourth-order valence-electron chi connectivity index (χ4n) is 3.07. The molecule has 4 nitrogen and oxygen atoms in total. The van der Waals surface area contributed by atoms with Crippen LogP contribution in [0.25, 0.3) is 0 Å². The van der Waals surface area contributed by atoms with E-state index in [9.17, 15) is 0 Å². The quantitative estimate of drug-likeness (QED) is 0.840. The maximum absolute atomic E-state index is 4.26. The molecule has 1 aliphatic carbocycles. The lowest BCUT2D eigenvalue weighted by Crippen LogP contribution is -2.16. The van der Waals surface area contributed by atoms with Crippen molar-refractivity contribution in [2.45, 2.75) is 44.6 Å². The Morgan fingerprint density at radius 3 is 2.94 bits per heavy atom. The van der Waals surface area contributed by atoms with Gasteiger partial charge in [0.25, 0.3) is 0 Å². The molecule has 1 N–H and O–H groups in total. The van der Waals surface area contributed by atoms with E-state index >= 15 is 0 Å². The molecule has 16 heavy (non-hydrogen) atoms. The van der Waals surface area contributed by atoms with Gasteiger partial charge in [0.15, 0.2) is 0 Å². The molecule has 0 spiro atoms. The zero-order valence-electron chi connectivity index (χ0n) is 9.73. The van der Waals surface area contributed by atoms with E-state index in [4.69, 9.17) is 0 Å². The SMILES string of the molecule is c1nnn(CC2CCCC2)c1C1CCNC1. The van der Waals surface area contributed by atoms with Crippen LogP contribution in [-0.4, -0.2) is 28.1 Å². The van der Waals surface area contributed by atoms with E-state index in [0.29, 0.717) is 5.92 Å². The van der Waals surface area contributed by atoms with Crippen LogP contribution in [0.2, 0.25) is 0 Å². The highest BCUT2D eigenvalue weighted by Crippen LogP contribution is 2.28. The van der Waals surface area contributed by atoms with Gasteiger partial charge in [-0.3, -0.25) is 0 Å². The molecule has 0 amide bonds. The normalized spacial score (nSPS) is 26.6. The number of nitrogens with one attached hydrogen (secondary N) is 1. The highest BCUT2D eigenvalue weighted by Gasteiger charge is 2.23. The average Bonchev–Trinajstić information content (AvgIpc) is 2.98. The molecule has 3 rings (SSSR count). The Bertz CT molecular complexity index is 335. The molecule has 0 radical (unpaired) electrons. The lowest BCUT2D eigenvalue weighted by Gasteiger charge is -2.14. The van der Waals surface area contributed by atoms with Crippen molar-refractivity contribution in [2.75, 3.05) is 13.1 Å². The van der Waals surface area contributed by atoms with Crippen LogP contribution in [0.3, 0.4) is 0 Å². The van der Waals surface area contributed by atoms with Crippen LogP contribution in [0.15, 0.2) is 6.20 Å². The molecule has 1 aromatic heterocycles. The standard InChI is InChI=1S/C12H20N4/c1-2-4-10(3-1)9-16-12(8-14-15-16)11-5-6-13-7-11/h8,10-11,13H,1-7,9H2. The summed E-state index contributed by atoms with van der Waals surface area (Å²) in [5.74, 6) is 1.48. The van der Waals surface area contributed by atoms with E-state index in [1.807, 2.05) is 6.20 Å². The van der Waals surface area contributed by atoms with Crippen molar-refractivity contribution in [3.63, 3.8) is 0 Å². The second kappa shape index (κ2) is 4.53. The number of aromatic nitrogens is 3. The molecule has 0 bridgehead atoms. The van der Waals surface area contributed by atoms with E-state index in [1.165, 1.54) is 37.8 Å². The summed E-state index contributed by atoms with van der Waals surface area (Å²) in [5, 5.41) is 11.8. The Morgan fingerprint density at radius 1 is 1.31 bits per heavy atom.